The number of carbonyl (C=O) groups excluding carboxylic acids is 2. The first-order chi connectivity index (χ1) is 11.0. The van der Waals surface area contributed by atoms with E-state index < -0.39 is 0 Å². The van der Waals surface area contributed by atoms with Crippen LogP contribution in [0.1, 0.15) is 5.56 Å². The standard InChI is InChI=1S/C16H23ClN4O2.ClH/c1-12-13(17)4-3-5-14(12)19-15(22)10-20(2)11-16(23)21-8-6-18-7-9-21;/h3-5,18H,6-11H2,1-2H3,(H,19,22);1H. The number of halogens is 2. The molecule has 8 heteroatoms. The molecule has 0 bridgehead atoms. The summed E-state index contributed by atoms with van der Waals surface area (Å²) in [6.07, 6.45) is 0. The van der Waals surface area contributed by atoms with Crippen LogP contribution in [0.5, 0.6) is 0 Å². The number of hydrogen-bond acceptors (Lipinski definition) is 4. The van der Waals surface area contributed by atoms with Gasteiger partial charge in [0.05, 0.1) is 13.1 Å². The fraction of sp³-hybridized carbons (Fsp3) is 0.500. The number of nitrogens with one attached hydrogen (secondary N) is 2. The lowest BCUT2D eigenvalue weighted by atomic mass is 10.2. The van der Waals surface area contributed by atoms with E-state index in [4.69, 9.17) is 11.6 Å². The molecule has 1 fully saturated rings. The van der Waals surface area contributed by atoms with E-state index in [2.05, 4.69) is 10.6 Å². The van der Waals surface area contributed by atoms with Crippen molar-refractivity contribution in [2.24, 2.45) is 0 Å². The van der Waals surface area contributed by atoms with E-state index in [0.29, 0.717) is 10.7 Å². The van der Waals surface area contributed by atoms with Gasteiger partial charge in [0.2, 0.25) is 11.8 Å². The van der Waals surface area contributed by atoms with Gasteiger partial charge in [-0.05, 0) is 31.7 Å². The molecule has 1 aliphatic heterocycles. The summed E-state index contributed by atoms with van der Waals surface area (Å²) in [5, 5.41) is 6.66. The molecule has 1 aromatic carbocycles. The summed E-state index contributed by atoms with van der Waals surface area (Å²) in [5.41, 5.74) is 1.53. The molecular formula is C16H24Cl2N4O2. The summed E-state index contributed by atoms with van der Waals surface area (Å²) in [6, 6.07) is 5.39. The second kappa shape index (κ2) is 9.84. The van der Waals surface area contributed by atoms with Crippen molar-refractivity contribution in [3.8, 4) is 0 Å². The molecule has 1 saturated heterocycles. The summed E-state index contributed by atoms with van der Waals surface area (Å²) in [5.74, 6) is -0.105. The van der Waals surface area contributed by atoms with E-state index in [9.17, 15) is 9.59 Å². The molecule has 2 rings (SSSR count). The van der Waals surface area contributed by atoms with Gasteiger partial charge in [0.25, 0.3) is 0 Å². The SMILES string of the molecule is Cc1c(Cl)cccc1NC(=O)CN(C)CC(=O)N1CCNCC1.Cl. The lowest BCUT2D eigenvalue weighted by molar-refractivity contribution is -0.133. The highest BCUT2D eigenvalue weighted by molar-refractivity contribution is 6.31. The number of piperazine rings is 1. The molecule has 2 amide bonds. The number of rotatable bonds is 5. The quantitative estimate of drug-likeness (QED) is 0.816. The van der Waals surface area contributed by atoms with Crippen LogP contribution in [0, 0.1) is 6.92 Å². The number of benzene rings is 1. The molecule has 0 spiro atoms. The molecule has 0 saturated carbocycles. The normalized spacial score (nSPS) is 14.2. The summed E-state index contributed by atoms with van der Waals surface area (Å²) < 4.78 is 0. The highest BCUT2D eigenvalue weighted by Gasteiger charge is 2.18. The van der Waals surface area contributed by atoms with Gasteiger partial charge in [-0.25, -0.2) is 0 Å². The van der Waals surface area contributed by atoms with E-state index in [1.165, 1.54) is 0 Å². The van der Waals surface area contributed by atoms with Gasteiger partial charge >= 0.3 is 0 Å². The molecule has 0 aliphatic carbocycles. The van der Waals surface area contributed by atoms with Crippen LogP contribution in [-0.4, -0.2) is 67.9 Å². The molecule has 1 aromatic rings. The molecule has 24 heavy (non-hydrogen) atoms. The number of anilines is 1. The molecule has 0 radical (unpaired) electrons. The van der Waals surface area contributed by atoms with Crippen molar-refractivity contribution in [1.29, 1.82) is 0 Å². The number of carbonyl (C=O) groups is 2. The maximum absolute atomic E-state index is 12.2. The van der Waals surface area contributed by atoms with Gasteiger partial charge < -0.3 is 15.5 Å². The van der Waals surface area contributed by atoms with E-state index in [1.54, 1.807) is 24.1 Å². The van der Waals surface area contributed by atoms with Gasteiger partial charge in [-0.15, -0.1) is 12.4 Å². The number of nitrogens with zero attached hydrogens (tertiary/aromatic N) is 2. The largest absolute Gasteiger partial charge is 0.339 e. The molecule has 6 nitrogen and oxygen atoms in total. The Bertz CT molecular complexity index is 577. The topological polar surface area (TPSA) is 64.7 Å². The predicted molar refractivity (Wildman–Crippen MR) is 99.0 cm³/mol. The van der Waals surface area contributed by atoms with E-state index >= 15 is 0 Å². The molecule has 2 N–H and O–H groups in total. The summed E-state index contributed by atoms with van der Waals surface area (Å²) in [6.45, 7) is 5.34. The lowest BCUT2D eigenvalue weighted by Gasteiger charge is -2.29. The highest BCUT2D eigenvalue weighted by Crippen LogP contribution is 2.22. The lowest BCUT2D eigenvalue weighted by Crippen LogP contribution is -2.49. The maximum Gasteiger partial charge on any atom is 0.238 e. The summed E-state index contributed by atoms with van der Waals surface area (Å²) >= 11 is 6.04. The fourth-order valence-electron chi connectivity index (χ4n) is 2.48. The van der Waals surface area contributed by atoms with Crippen molar-refractivity contribution in [3.63, 3.8) is 0 Å². The minimum Gasteiger partial charge on any atom is -0.339 e. The zero-order chi connectivity index (χ0) is 16.8. The first-order valence-electron chi connectivity index (χ1n) is 7.69. The van der Waals surface area contributed by atoms with Gasteiger partial charge in [0, 0.05) is 36.9 Å². The van der Waals surface area contributed by atoms with E-state index in [1.807, 2.05) is 17.9 Å². The molecule has 0 aromatic heterocycles. The first kappa shape index (κ1) is 20.7. The second-order valence-electron chi connectivity index (χ2n) is 5.76. The van der Waals surface area contributed by atoms with Crippen molar-refractivity contribution in [1.82, 2.24) is 15.1 Å². The van der Waals surface area contributed by atoms with Crippen molar-refractivity contribution in [2.45, 2.75) is 6.92 Å². The van der Waals surface area contributed by atoms with Crippen LogP contribution in [0.4, 0.5) is 5.69 Å². The molecule has 0 atom stereocenters. The van der Waals surface area contributed by atoms with Gasteiger partial charge in [0.1, 0.15) is 0 Å². The molecule has 134 valence electrons. The van der Waals surface area contributed by atoms with Crippen LogP contribution in [0.3, 0.4) is 0 Å². The zero-order valence-corrected chi connectivity index (χ0v) is 15.5. The second-order valence-corrected chi connectivity index (χ2v) is 6.17. The van der Waals surface area contributed by atoms with E-state index in [0.717, 1.165) is 31.7 Å². The van der Waals surface area contributed by atoms with Gasteiger partial charge in [-0.3, -0.25) is 14.5 Å². The molecular weight excluding hydrogens is 351 g/mol. The Morgan fingerprint density at radius 1 is 1.29 bits per heavy atom. The Morgan fingerprint density at radius 3 is 2.62 bits per heavy atom. The third-order valence-corrected chi connectivity index (χ3v) is 4.24. The van der Waals surface area contributed by atoms with Crippen LogP contribution in [0.15, 0.2) is 18.2 Å². The monoisotopic (exact) mass is 374 g/mol. The summed E-state index contributed by atoms with van der Waals surface area (Å²) in [4.78, 5) is 27.8. The van der Waals surface area contributed by atoms with Gasteiger partial charge in [-0.1, -0.05) is 17.7 Å². The van der Waals surface area contributed by atoms with Crippen LogP contribution >= 0.6 is 24.0 Å². The van der Waals surface area contributed by atoms with Crippen LogP contribution in [0.25, 0.3) is 0 Å². The van der Waals surface area contributed by atoms with E-state index in [-0.39, 0.29) is 37.3 Å². The fourth-order valence-corrected chi connectivity index (χ4v) is 2.65. The average molecular weight is 375 g/mol. The van der Waals surface area contributed by atoms with Crippen LogP contribution < -0.4 is 10.6 Å². The highest BCUT2D eigenvalue weighted by atomic mass is 35.5. The predicted octanol–water partition coefficient (Wildman–Crippen LogP) is 1.37. The zero-order valence-electron chi connectivity index (χ0n) is 14.0. The third-order valence-electron chi connectivity index (χ3n) is 3.83. The Morgan fingerprint density at radius 2 is 1.96 bits per heavy atom. The van der Waals surface area contributed by atoms with Crippen molar-refractivity contribution in [3.05, 3.63) is 28.8 Å². The van der Waals surface area contributed by atoms with Gasteiger partial charge in [-0.2, -0.15) is 0 Å². The smallest absolute Gasteiger partial charge is 0.238 e. The number of likely N-dealkylation sites (N-methyl/N-ethyl adjacent to an activating group) is 1. The average Bonchev–Trinajstić information content (AvgIpc) is 2.52. The molecule has 0 unspecified atom stereocenters. The van der Waals surface area contributed by atoms with Crippen LogP contribution in [0.2, 0.25) is 5.02 Å². The van der Waals surface area contributed by atoms with Crippen LogP contribution in [-0.2, 0) is 9.59 Å². The van der Waals surface area contributed by atoms with Crippen molar-refractivity contribution < 1.29 is 9.59 Å². The van der Waals surface area contributed by atoms with Crippen molar-refractivity contribution in [2.75, 3.05) is 51.6 Å². The van der Waals surface area contributed by atoms with Gasteiger partial charge in [0.15, 0.2) is 0 Å². The molecule has 1 heterocycles. The minimum atomic E-state index is -0.161. The Hall–Kier alpha value is -1.34. The number of amides is 2. The number of hydrogen-bond donors (Lipinski definition) is 2. The first-order valence-corrected chi connectivity index (χ1v) is 8.07. The Kier molecular flexibility index (Phi) is 8.48. The third kappa shape index (κ3) is 5.94. The maximum atomic E-state index is 12.2. The van der Waals surface area contributed by atoms with Crippen molar-refractivity contribution >= 4 is 41.5 Å². The Labute approximate surface area is 153 Å². The molecule has 1 aliphatic rings. The summed E-state index contributed by atoms with van der Waals surface area (Å²) in [7, 11) is 1.77. The Balaban J connectivity index is 0.00000288. The minimum absolute atomic E-state index is 0.